The monoisotopic (exact) mass is 614 g/mol. The second kappa shape index (κ2) is 12.0. The molecule has 2 aliphatic heterocycles. The second-order valence-electron chi connectivity index (χ2n) is 11.1. The van der Waals surface area contributed by atoms with E-state index in [-0.39, 0.29) is 24.1 Å². The number of allylic oxidation sites excluding steroid dienone is 1. The number of likely N-dealkylation sites (tertiary alicyclic amines) is 1. The van der Waals surface area contributed by atoms with E-state index in [1.54, 1.807) is 37.1 Å². The largest absolute Gasteiger partial charge is 0.459 e. The lowest BCUT2D eigenvalue weighted by atomic mass is 9.96. The van der Waals surface area contributed by atoms with Crippen LogP contribution in [-0.4, -0.2) is 51.4 Å². The zero-order valence-corrected chi connectivity index (χ0v) is 26.3. The normalized spacial score (nSPS) is 17.1. The molecular formula is C33H34N4O4S2. The molecule has 4 aromatic rings. The van der Waals surface area contributed by atoms with Crippen LogP contribution in [0.5, 0.6) is 0 Å². The highest BCUT2D eigenvalue weighted by atomic mass is 32.2. The average Bonchev–Trinajstić information content (AvgIpc) is 3.72. The number of fused-ring (bicyclic) bond motifs is 2. The molecule has 0 aliphatic carbocycles. The first kappa shape index (κ1) is 29.2. The number of esters is 1. The summed E-state index contributed by atoms with van der Waals surface area (Å²) in [5.74, 6) is -0.372. The van der Waals surface area contributed by atoms with Gasteiger partial charge in [0.1, 0.15) is 6.54 Å². The SMILES string of the molecule is CSc1ccc([C@H]2C(C(=O)OC(C)C)=C(C)N=c3s/c(=C\c4cn(CC(=O)N5CCCC5)c5ccccc45)c(=O)n32)cc1. The lowest BCUT2D eigenvalue weighted by Crippen LogP contribution is -2.40. The van der Waals surface area contributed by atoms with Gasteiger partial charge in [0.15, 0.2) is 4.80 Å². The van der Waals surface area contributed by atoms with Gasteiger partial charge in [0, 0.05) is 40.6 Å². The summed E-state index contributed by atoms with van der Waals surface area (Å²) in [5, 5.41) is 0.962. The van der Waals surface area contributed by atoms with Crippen molar-refractivity contribution >= 4 is 52.0 Å². The summed E-state index contributed by atoms with van der Waals surface area (Å²) in [5.41, 5.74) is 3.28. The Kier molecular flexibility index (Phi) is 8.15. The molecule has 8 nitrogen and oxygen atoms in total. The van der Waals surface area contributed by atoms with Gasteiger partial charge >= 0.3 is 5.97 Å². The number of thiazole rings is 1. The Morgan fingerprint density at radius 2 is 1.84 bits per heavy atom. The highest BCUT2D eigenvalue weighted by Crippen LogP contribution is 2.32. The molecule has 2 aromatic heterocycles. The molecule has 0 unspecified atom stereocenters. The Hall–Kier alpha value is -3.89. The summed E-state index contributed by atoms with van der Waals surface area (Å²) in [6.07, 6.45) is 7.61. The summed E-state index contributed by atoms with van der Waals surface area (Å²) < 4.78 is 9.71. The van der Waals surface area contributed by atoms with E-state index in [0.29, 0.717) is 20.6 Å². The highest BCUT2D eigenvalue weighted by molar-refractivity contribution is 7.98. The van der Waals surface area contributed by atoms with Crippen LogP contribution in [0.15, 0.2) is 80.7 Å². The lowest BCUT2D eigenvalue weighted by Gasteiger charge is -2.25. The second-order valence-corrected chi connectivity index (χ2v) is 13.0. The summed E-state index contributed by atoms with van der Waals surface area (Å²) in [7, 11) is 0. The van der Waals surface area contributed by atoms with Crippen molar-refractivity contribution in [3.63, 3.8) is 0 Å². The maximum atomic E-state index is 14.2. The summed E-state index contributed by atoms with van der Waals surface area (Å²) in [4.78, 5) is 48.8. The Labute approximate surface area is 258 Å². The minimum Gasteiger partial charge on any atom is -0.459 e. The summed E-state index contributed by atoms with van der Waals surface area (Å²) in [6, 6.07) is 15.2. The average molecular weight is 615 g/mol. The first-order valence-corrected chi connectivity index (χ1v) is 16.5. The number of hydrogen-bond acceptors (Lipinski definition) is 7. The molecule has 222 valence electrons. The molecule has 0 saturated carbocycles. The van der Waals surface area contributed by atoms with E-state index in [1.807, 2.05) is 76.5 Å². The number of aromatic nitrogens is 2. The smallest absolute Gasteiger partial charge is 0.338 e. The first-order valence-electron chi connectivity index (χ1n) is 14.5. The number of amides is 1. The molecule has 10 heteroatoms. The first-order chi connectivity index (χ1) is 20.7. The minimum atomic E-state index is -0.667. The van der Waals surface area contributed by atoms with Crippen molar-refractivity contribution in [1.82, 2.24) is 14.0 Å². The van der Waals surface area contributed by atoms with Gasteiger partial charge in [-0.2, -0.15) is 0 Å². The molecule has 1 amide bonds. The van der Waals surface area contributed by atoms with E-state index >= 15 is 0 Å². The predicted molar refractivity (Wildman–Crippen MR) is 171 cm³/mol. The van der Waals surface area contributed by atoms with E-state index in [2.05, 4.69) is 0 Å². The molecule has 1 saturated heterocycles. The Morgan fingerprint density at radius 1 is 1.12 bits per heavy atom. The number of thioether (sulfide) groups is 1. The maximum absolute atomic E-state index is 14.2. The van der Waals surface area contributed by atoms with Gasteiger partial charge in [0.05, 0.1) is 27.9 Å². The van der Waals surface area contributed by atoms with Crippen LogP contribution in [0.1, 0.15) is 50.8 Å². The van der Waals surface area contributed by atoms with E-state index in [1.165, 1.54) is 11.3 Å². The van der Waals surface area contributed by atoms with Gasteiger partial charge in [-0.1, -0.05) is 41.7 Å². The number of benzene rings is 2. The number of nitrogens with zero attached hydrogens (tertiary/aromatic N) is 4. The summed E-state index contributed by atoms with van der Waals surface area (Å²) >= 11 is 2.93. The zero-order chi connectivity index (χ0) is 30.2. The van der Waals surface area contributed by atoms with Gasteiger partial charge in [-0.25, -0.2) is 9.79 Å². The molecule has 2 aromatic carbocycles. The molecule has 43 heavy (non-hydrogen) atoms. The van der Waals surface area contributed by atoms with Crippen LogP contribution in [0.3, 0.4) is 0 Å². The molecule has 2 aliphatic rings. The van der Waals surface area contributed by atoms with Crippen molar-refractivity contribution in [3.8, 4) is 0 Å². The van der Waals surface area contributed by atoms with Crippen molar-refractivity contribution in [2.45, 2.75) is 57.2 Å². The molecule has 4 heterocycles. The van der Waals surface area contributed by atoms with Crippen LogP contribution in [0, 0.1) is 0 Å². The standard InChI is InChI=1S/C33H34N4O4S2/c1-20(2)41-32(40)29-21(3)34-33-37(30(29)22-11-13-24(42-4)14-12-22)31(39)27(43-33)17-23-18-36(26-10-6-5-9-25(23)26)19-28(38)35-15-7-8-16-35/h5-6,9-14,17-18,20,30H,7-8,15-16,19H2,1-4H3/b27-17-/t30-/m0/s1. The summed E-state index contributed by atoms with van der Waals surface area (Å²) in [6.45, 7) is 7.27. The third-order valence-corrected chi connectivity index (χ3v) is 9.61. The van der Waals surface area contributed by atoms with Crippen molar-refractivity contribution in [2.75, 3.05) is 19.3 Å². The van der Waals surface area contributed by atoms with E-state index in [0.717, 1.165) is 52.9 Å². The fourth-order valence-corrected chi connectivity index (χ4v) is 7.28. The molecule has 1 fully saturated rings. The number of rotatable bonds is 7. The molecule has 0 bridgehead atoms. The van der Waals surface area contributed by atoms with Gasteiger partial charge in [-0.15, -0.1) is 11.8 Å². The minimum absolute atomic E-state index is 0.105. The molecular weight excluding hydrogens is 581 g/mol. The predicted octanol–water partition coefficient (Wildman–Crippen LogP) is 4.49. The third kappa shape index (κ3) is 5.61. The fourth-order valence-electron chi connectivity index (χ4n) is 5.84. The van der Waals surface area contributed by atoms with Gasteiger partial charge in [-0.3, -0.25) is 14.2 Å². The number of para-hydroxylation sites is 1. The van der Waals surface area contributed by atoms with E-state index < -0.39 is 12.0 Å². The number of carbonyl (C=O) groups excluding carboxylic acids is 2. The van der Waals surface area contributed by atoms with Crippen LogP contribution >= 0.6 is 23.1 Å². The van der Waals surface area contributed by atoms with Gasteiger partial charge in [0.2, 0.25) is 5.91 Å². The van der Waals surface area contributed by atoms with Crippen LogP contribution in [0.2, 0.25) is 0 Å². The molecule has 0 radical (unpaired) electrons. The topological polar surface area (TPSA) is 85.9 Å². The van der Waals surface area contributed by atoms with Crippen LogP contribution in [0.4, 0.5) is 0 Å². The Morgan fingerprint density at radius 3 is 2.53 bits per heavy atom. The van der Waals surface area contributed by atoms with Crippen LogP contribution < -0.4 is 14.9 Å². The van der Waals surface area contributed by atoms with Crippen molar-refractivity contribution in [3.05, 3.63) is 96.8 Å². The Bertz CT molecular complexity index is 1930. The number of carbonyl (C=O) groups is 2. The van der Waals surface area contributed by atoms with Crippen molar-refractivity contribution in [2.24, 2.45) is 4.99 Å². The third-order valence-electron chi connectivity index (χ3n) is 7.89. The van der Waals surface area contributed by atoms with Crippen LogP contribution in [-0.2, 0) is 20.9 Å². The molecule has 0 N–H and O–H groups in total. The highest BCUT2D eigenvalue weighted by Gasteiger charge is 2.34. The lowest BCUT2D eigenvalue weighted by molar-refractivity contribution is -0.143. The number of ether oxygens (including phenoxy) is 1. The zero-order valence-electron chi connectivity index (χ0n) is 24.7. The molecule has 1 atom stereocenters. The van der Waals surface area contributed by atoms with Gasteiger partial charge in [0.25, 0.3) is 5.56 Å². The Balaban J connectivity index is 1.47. The maximum Gasteiger partial charge on any atom is 0.338 e. The molecule has 0 spiro atoms. The van der Waals surface area contributed by atoms with E-state index in [4.69, 9.17) is 9.73 Å². The fraction of sp³-hybridized carbons (Fsp3) is 0.333. The van der Waals surface area contributed by atoms with Crippen LogP contribution in [0.25, 0.3) is 17.0 Å². The van der Waals surface area contributed by atoms with Gasteiger partial charge in [-0.05, 0) is 69.7 Å². The van der Waals surface area contributed by atoms with Gasteiger partial charge < -0.3 is 14.2 Å². The van der Waals surface area contributed by atoms with Crippen molar-refractivity contribution < 1.29 is 14.3 Å². The van der Waals surface area contributed by atoms with Crippen molar-refractivity contribution in [1.29, 1.82) is 0 Å². The van der Waals surface area contributed by atoms with E-state index in [9.17, 15) is 14.4 Å². The quantitative estimate of drug-likeness (QED) is 0.226. The molecule has 6 rings (SSSR count). The number of hydrogen-bond donors (Lipinski definition) is 0.